The Labute approximate surface area is 118 Å². The first kappa shape index (κ1) is 13.7. The SMILES string of the molecule is CNc1nc(Nc2ccc(C)c(Br)c2)c(F)cc1F. The summed E-state index contributed by atoms with van der Waals surface area (Å²) in [7, 11) is 1.52. The molecule has 19 heavy (non-hydrogen) atoms. The van der Waals surface area contributed by atoms with Gasteiger partial charge in [0.1, 0.15) is 0 Å². The van der Waals surface area contributed by atoms with Crippen molar-refractivity contribution in [3.05, 3.63) is 45.9 Å². The first-order valence-electron chi connectivity index (χ1n) is 5.58. The van der Waals surface area contributed by atoms with Gasteiger partial charge in [0.05, 0.1) is 0 Å². The van der Waals surface area contributed by atoms with Gasteiger partial charge >= 0.3 is 0 Å². The number of benzene rings is 1. The van der Waals surface area contributed by atoms with Crippen molar-refractivity contribution in [2.24, 2.45) is 0 Å². The molecule has 1 heterocycles. The van der Waals surface area contributed by atoms with E-state index in [1.165, 1.54) is 7.05 Å². The van der Waals surface area contributed by atoms with Crippen LogP contribution in [0.5, 0.6) is 0 Å². The first-order chi connectivity index (χ1) is 9.01. The number of aromatic nitrogens is 1. The topological polar surface area (TPSA) is 37.0 Å². The molecule has 2 N–H and O–H groups in total. The molecule has 0 amide bonds. The highest BCUT2D eigenvalue weighted by atomic mass is 79.9. The van der Waals surface area contributed by atoms with Crippen LogP contribution in [0.2, 0.25) is 0 Å². The molecule has 100 valence electrons. The lowest BCUT2D eigenvalue weighted by molar-refractivity contribution is 0.580. The molecule has 0 aliphatic rings. The maximum absolute atomic E-state index is 13.6. The molecule has 0 atom stereocenters. The molecule has 2 rings (SSSR count). The van der Waals surface area contributed by atoms with E-state index in [1.807, 2.05) is 13.0 Å². The normalized spacial score (nSPS) is 10.4. The minimum absolute atomic E-state index is 0.00456. The lowest BCUT2D eigenvalue weighted by Crippen LogP contribution is -2.03. The standard InChI is InChI=1S/C13H12BrF2N3/c1-7-3-4-8(5-9(7)14)18-13-11(16)6-10(15)12(17-2)19-13/h3-6H,1-2H3,(H2,17,18,19). The van der Waals surface area contributed by atoms with Crippen molar-refractivity contribution in [2.75, 3.05) is 17.7 Å². The molecule has 1 aromatic heterocycles. The van der Waals surface area contributed by atoms with Gasteiger partial charge in [0.15, 0.2) is 23.3 Å². The largest absolute Gasteiger partial charge is 0.371 e. The van der Waals surface area contributed by atoms with Crippen molar-refractivity contribution in [1.29, 1.82) is 0 Å². The highest BCUT2D eigenvalue weighted by molar-refractivity contribution is 9.10. The maximum atomic E-state index is 13.6. The molecule has 1 aromatic carbocycles. The van der Waals surface area contributed by atoms with Crippen LogP contribution in [0.15, 0.2) is 28.7 Å². The molecule has 0 fully saturated rings. The van der Waals surface area contributed by atoms with E-state index < -0.39 is 11.6 Å². The van der Waals surface area contributed by atoms with E-state index >= 15 is 0 Å². The number of nitrogens with one attached hydrogen (secondary N) is 2. The molecular weight excluding hydrogens is 316 g/mol. The number of aryl methyl sites for hydroxylation is 1. The number of pyridine rings is 1. The van der Waals surface area contributed by atoms with Crippen molar-refractivity contribution >= 4 is 33.3 Å². The monoisotopic (exact) mass is 327 g/mol. The summed E-state index contributed by atoms with van der Waals surface area (Å²) < 4.78 is 27.8. The second-order valence-electron chi connectivity index (χ2n) is 3.99. The smallest absolute Gasteiger partial charge is 0.169 e. The van der Waals surface area contributed by atoms with Gasteiger partial charge in [0, 0.05) is 23.3 Å². The van der Waals surface area contributed by atoms with Crippen LogP contribution < -0.4 is 10.6 Å². The van der Waals surface area contributed by atoms with Gasteiger partial charge in [-0.1, -0.05) is 22.0 Å². The number of halogens is 3. The Balaban J connectivity index is 2.34. The van der Waals surface area contributed by atoms with Crippen LogP contribution in [-0.2, 0) is 0 Å². The molecule has 0 aliphatic heterocycles. The van der Waals surface area contributed by atoms with Crippen LogP contribution in [0.25, 0.3) is 0 Å². The average Bonchev–Trinajstić information content (AvgIpc) is 2.37. The van der Waals surface area contributed by atoms with E-state index in [2.05, 4.69) is 31.5 Å². The third kappa shape index (κ3) is 3.01. The second kappa shape index (κ2) is 5.52. The highest BCUT2D eigenvalue weighted by Gasteiger charge is 2.11. The summed E-state index contributed by atoms with van der Waals surface area (Å²) in [5, 5.41) is 5.39. The van der Waals surface area contributed by atoms with Gasteiger partial charge in [0.2, 0.25) is 0 Å². The summed E-state index contributed by atoms with van der Waals surface area (Å²) in [5.74, 6) is -1.50. The Morgan fingerprint density at radius 2 is 1.79 bits per heavy atom. The van der Waals surface area contributed by atoms with Crippen molar-refractivity contribution < 1.29 is 8.78 Å². The Kier molecular flexibility index (Phi) is 3.99. The Morgan fingerprint density at radius 1 is 1.11 bits per heavy atom. The minimum atomic E-state index is -0.742. The van der Waals surface area contributed by atoms with Crippen molar-refractivity contribution in [2.45, 2.75) is 6.92 Å². The van der Waals surface area contributed by atoms with Crippen LogP contribution in [-0.4, -0.2) is 12.0 Å². The van der Waals surface area contributed by atoms with Crippen LogP contribution in [0.3, 0.4) is 0 Å². The molecule has 2 aromatic rings. The molecule has 0 bridgehead atoms. The summed E-state index contributed by atoms with van der Waals surface area (Å²) in [4.78, 5) is 3.85. The third-order valence-corrected chi connectivity index (χ3v) is 3.46. The lowest BCUT2D eigenvalue weighted by atomic mass is 10.2. The van der Waals surface area contributed by atoms with Gasteiger partial charge < -0.3 is 10.6 Å². The van der Waals surface area contributed by atoms with E-state index in [0.29, 0.717) is 5.69 Å². The fraction of sp³-hybridized carbons (Fsp3) is 0.154. The van der Waals surface area contributed by atoms with Gasteiger partial charge in [-0.25, -0.2) is 13.8 Å². The predicted octanol–water partition coefficient (Wildman–Crippen LogP) is 4.22. The van der Waals surface area contributed by atoms with Crippen molar-refractivity contribution in [3.8, 4) is 0 Å². The van der Waals surface area contributed by atoms with Gasteiger partial charge in [-0.2, -0.15) is 0 Å². The maximum Gasteiger partial charge on any atom is 0.169 e. The third-order valence-electron chi connectivity index (χ3n) is 2.60. The molecule has 0 aliphatic carbocycles. The number of hydrogen-bond acceptors (Lipinski definition) is 3. The number of nitrogens with zero attached hydrogens (tertiary/aromatic N) is 1. The van der Waals surface area contributed by atoms with Crippen molar-refractivity contribution in [3.63, 3.8) is 0 Å². The van der Waals surface area contributed by atoms with E-state index in [0.717, 1.165) is 16.1 Å². The zero-order valence-electron chi connectivity index (χ0n) is 10.4. The average molecular weight is 328 g/mol. The Morgan fingerprint density at radius 3 is 2.42 bits per heavy atom. The predicted molar refractivity (Wildman–Crippen MR) is 75.9 cm³/mol. The number of hydrogen-bond donors (Lipinski definition) is 2. The molecule has 0 saturated heterocycles. The van der Waals surface area contributed by atoms with Crippen LogP contribution in [0, 0.1) is 18.6 Å². The first-order valence-corrected chi connectivity index (χ1v) is 6.37. The molecule has 0 radical (unpaired) electrons. The van der Waals surface area contributed by atoms with E-state index in [9.17, 15) is 8.78 Å². The van der Waals surface area contributed by atoms with Crippen LogP contribution in [0.4, 0.5) is 26.1 Å². The van der Waals surface area contributed by atoms with Crippen LogP contribution in [0.1, 0.15) is 5.56 Å². The van der Waals surface area contributed by atoms with Crippen LogP contribution >= 0.6 is 15.9 Å². The zero-order valence-corrected chi connectivity index (χ0v) is 12.0. The summed E-state index contributed by atoms with van der Waals surface area (Å²) in [5.41, 5.74) is 1.73. The zero-order chi connectivity index (χ0) is 14.0. The minimum Gasteiger partial charge on any atom is -0.371 e. The molecule has 0 saturated carbocycles. The summed E-state index contributed by atoms with van der Waals surface area (Å²) in [6, 6.07) is 6.28. The van der Waals surface area contributed by atoms with E-state index in [4.69, 9.17) is 0 Å². The van der Waals surface area contributed by atoms with Crippen molar-refractivity contribution in [1.82, 2.24) is 4.98 Å². The Bertz CT molecular complexity index is 617. The fourth-order valence-electron chi connectivity index (χ4n) is 1.54. The van der Waals surface area contributed by atoms with E-state index in [-0.39, 0.29) is 11.6 Å². The highest BCUT2D eigenvalue weighted by Crippen LogP contribution is 2.25. The number of anilines is 3. The summed E-state index contributed by atoms with van der Waals surface area (Å²) in [6.07, 6.45) is 0. The molecule has 0 spiro atoms. The second-order valence-corrected chi connectivity index (χ2v) is 4.84. The quantitative estimate of drug-likeness (QED) is 0.886. The fourth-order valence-corrected chi connectivity index (χ4v) is 1.92. The van der Waals surface area contributed by atoms with Gasteiger partial charge in [-0.15, -0.1) is 0 Å². The summed E-state index contributed by atoms with van der Waals surface area (Å²) in [6.45, 7) is 1.95. The number of rotatable bonds is 3. The van der Waals surface area contributed by atoms with Gasteiger partial charge in [-0.05, 0) is 24.6 Å². The van der Waals surface area contributed by atoms with E-state index in [1.54, 1.807) is 12.1 Å². The summed E-state index contributed by atoms with van der Waals surface area (Å²) >= 11 is 3.39. The molecule has 0 unspecified atom stereocenters. The molecule has 6 heteroatoms. The van der Waals surface area contributed by atoms with Gasteiger partial charge in [0.25, 0.3) is 0 Å². The lowest BCUT2D eigenvalue weighted by Gasteiger charge is -2.10. The van der Waals surface area contributed by atoms with Gasteiger partial charge in [-0.3, -0.25) is 0 Å². The molecule has 3 nitrogen and oxygen atoms in total. The Hall–Kier alpha value is -1.69. The molecular formula is C13H12BrF2N3.